The van der Waals surface area contributed by atoms with Gasteiger partial charge in [0.1, 0.15) is 6.10 Å². The van der Waals surface area contributed by atoms with Crippen molar-refractivity contribution < 1.29 is 27.0 Å². The minimum absolute atomic E-state index is 0.0455. The molecule has 1 heterocycles. The van der Waals surface area contributed by atoms with Gasteiger partial charge in [-0.05, 0) is 55.2 Å². The Morgan fingerprint density at radius 3 is 2.22 bits per heavy atom. The van der Waals surface area contributed by atoms with E-state index in [0.29, 0.717) is 25.0 Å². The molecule has 0 bridgehead atoms. The summed E-state index contributed by atoms with van der Waals surface area (Å²) in [5.74, 6) is -3.46. The maximum absolute atomic E-state index is 14.5. The number of halogens is 4. The van der Waals surface area contributed by atoms with Crippen molar-refractivity contribution in [3.63, 3.8) is 0 Å². The maximum Gasteiger partial charge on any atom is 0.200 e. The highest BCUT2D eigenvalue weighted by atomic mass is 19.2. The van der Waals surface area contributed by atoms with E-state index in [-0.39, 0.29) is 35.9 Å². The van der Waals surface area contributed by atoms with Gasteiger partial charge in [0.15, 0.2) is 23.2 Å². The SMILES string of the molecule is Fc1cccc(OCC2CCC(c3ccc(C4CO4)c(F)c3F)CC2)c1F. The molecule has 1 aliphatic carbocycles. The van der Waals surface area contributed by atoms with Gasteiger partial charge in [0, 0.05) is 5.56 Å². The summed E-state index contributed by atoms with van der Waals surface area (Å²) in [6.45, 7) is 0.717. The Bertz CT molecular complexity index is 827. The Hall–Kier alpha value is -2.08. The summed E-state index contributed by atoms with van der Waals surface area (Å²) in [4.78, 5) is 0. The lowest BCUT2D eigenvalue weighted by molar-refractivity contribution is 0.191. The molecular weight excluding hydrogens is 360 g/mol. The van der Waals surface area contributed by atoms with Crippen LogP contribution < -0.4 is 4.74 Å². The first-order valence-electron chi connectivity index (χ1n) is 9.20. The normalized spacial score (nSPS) is 24.7. The van der Waals surface area contributed by atoms with E-state index in [1.165, 1.54) is 12.1 Å². The van der Waals surface area contributed by atoms with Crippen LogP contribution in [0.5, 0.6) is 5.75 Å². The van der Waals surface area contributed by atoms with Crippen molar-refractivity contribution in [1.82, 2.24) is 0 Å². The van der Waals surface area contributed by atoms with Gasteiger partial charge in [-0.1, -0.05) is 18.2 Å². The van der Waals surface area contributed by atoms with Crippen LogP contribution in [0.2, 0.25) is 0 Å². The van der Waals surface area contributed by atoms with Crippen molar-refractivity contribution in [2.75, 3.05) is 13.2 Å². The van der Waals surface area contributed by atoms with Crippen LogP contribution in [0.3, 0.4) is 0 Å². The van der Waals surface area contributed by atoms with Crippen LogP contribution in [-0.2, 0) is 4.74 Å². The predicted octanol–water partition coefficient (Wildman–Crippen LogP) is 5.67. The number of benzene rings is 2. The molecule has 1 aliphatic heterocycles. The van der Waals surface area contributed by atoms with Crippen molar-refractivity contribution in [3.8, 4) is 5.75 Å². The molecule has 4 rings (SSSR count). The topological polar surface area (TPSA) is 21.8 Å². The van der Waals surface area contributed by atoms with Crippen molar-refractivity contribution >= 4 is 0 Å². The van der Waals surface area contributed by atoms with E-state index < -0.39 is 23.3 Å². The van der Waals surface area contributed by atoms with Crippen molar-refractivity contribution in [2.24, 2.45) is 5.92 Å². The zero-order chi connectivity index (χ0) is 19.0. The fourth-order valence-electron chi connectivity index (χ4n) is 3.81. The summed E-state index contributed by atoms with van der Waals surface area (Å²) >= 11 is 0. The first kappa shape index (κ1) is 18.3. The van der Waals surface area contributed by atoms with Gasteiger partial charge in [0.2, 0.25) is 5.82 Å². The molecule has 144 valence electrons. The standard InChI is InChI=1S/C21H20F4O2/c22-16-2-1-3-17(21(16)25)26-10-12-4-6-13(7-5-12)14-8-9-15(18-11-27-18)20(24)19(14)23/h1-3,8-9,12-13,18H,4-7,10-11H2. The molecule has 1 saturated heterocycles. The molecule has 0 N–H and O–H groups in total. The fourth-order valence-corrected chi connectivity index (χ4v) is 3.81. The Balaban J connectivity index is 1.35. The highest BCUT2D eigenvalue weighted by Gasteiger charge is 2.32. The average molecular weight is 380 g/mol. The monoisotopic (exact) mass is 380 g/mol. The van der Waals surface area contributed by atoms with Gasteiger partial charge in [0.05, 0.1) is 13.2 Å². The van der Waals surface area contributed by atoms with Crippen LogP contribution >= 0.6 is 0 Å². The molecule has 2 nitrogen and oxygen atoms in total. The second-order valence-corrected chi connectivity index (χ2v) is 7.27. The number of rotatable bonds is 5. The Kier molecular flexibility index (Phi) is 5.08. The fraction of sp³-hybridized carbons (Fsp3) is 0.429. The Labute approximate surface area is 155 Å². The molecule has 6 heteroatoms. The zero-order valence-corrected chi connectivity index (χ0v) is 14.7. The van der Waals surface area contributed by atoms with Crippen molar-refractivity contribution in [1.29, 1.82) is 0 Å². The smallest absolute Gasteiger partial charge is 0.200 e. The highest BCUT2D eigenvalue weighted by molar-refractivity contribution is 5.32. The molecule has 2 aromatic rings. The third-order valence-corrected chi connectivity index (χ3v) is 5.50. The van der Waals surface area contributed by atoms with Gasteiger partial charge in [0.25, 0.3) is 0 Å². The van der Waals surface area contributed by atoms with Gasteiger partial charge in [-0.2, -0.15) is 4.39 Å². The average Bonchev–Trinajstić information content (AvgIpc) is 3.51. The summed E-state index contributed by atoms with van der Waals surface area (Å²) in [5.41, 5.74) is 0.697. The Morgan fingerprint density at radius 1 is 0.852 bits per heavy atom. The molecule has 2 fully saturated rings. The Morgan fingerprint density at radius 2 is 1.52 bits per heavy atom. The molecule has 2 aliphatic rings. The van der Waals surface area contributed by atoms with Gasteiger partial charge in [-0.3, -0.25) is 0 Å². The second kappa shape index (κ2) is 7.50. The van der Waals surface area contributed by atoms with E-state index >= 15 is 0 Å². The van der Waals surface area contributed by atoms with Gasteiger partial charge in [-0.25, -0.2) is 13.2 Å². The van der Waals surface area contributed by atoms with E-state index in [9.17, 15) is 17.6 Å². The first-order valence-corrected chi connectivity index (χ1v) is 9.20. The van der Waals surface area contributed by atoms with Crippen LogP contribution in [0, 0.1) is 29.2 Å². The van der Waals surface area contributed by atoms with Gasteiger partial charge < -0.3 is 9.47 Å². The molecule has 1 atom stereocenters. The van der Waals surface area contributed by atoms with Crippen molar-refractivity contribution in [2.45, 2.75) is 37.7 Å². The second-order valence-electron chi connectivity index (χ2n) is 7.27. The van der Waals surface area contributed by atoms with Crippen LogP contribution in [-0.4, -0.2) is 13.2 Å². The summed E-state index contributed by atoms with van der Waals surface area (Å²) in [6, 6.07) is 7.12. The summed E-state index contributed by atoms with van der Waals surface area (Å²) in [5, 5.41) is 0. The van der Waals surface area contributed by atoms with Crippen LogP contribution in [0.15, 0.2) is 30.3 Å². The first-order chi connectivity index (χ1) is 13.0. The van der Waals surface area contributed by atoms with Crippen LogP contribution in [0.4, 0.5) is 17.6 Å². The number of ether oxygens (including phenoxy) is 2. The largest absolute Gasteiger partial charge is 0.490 e. The molecule has 1 unspecified atom stereocenters. The maximum atomic E-state index is 14.5. The van der Waals surface area contributed by atoms with E-state index in [0.717, 1.165) is 18.9 Å². The molecule has 0 spiro atoms. The summed E-state index contributed by atoms with van der Waals surface area (Å²) in [6.07, 6.45) is 2.61. The molecule has 1 saturated carbocycles. The number of hydrogen-bond donors (Lipinski definition) is 0. The van der Waals surface area contributed by atoms with Gasteiger partial charge >= 0.3 is 0 Å². The van der Waals surface area contributed by atoms with Crippen LogP contribution in [0.25, 0.3) is 0 Å². The molecular formula is C21H20F4O2. The molecule has 0 radical (unpaired) electrons. The molecule has 27 heavy (non-hydrogen) atoms. The van der Waals surface area contributed by atoms with E-state index in [4.69, 9.17) is 9.47 Å². The van der Waals surface area contributed by atoms with E-state index in [1.807, 2.05) is 0 Å². The lowest BCUT2D eigenvalue weighted by Gasteiger charge is -2.29. The van der Waals surface area contributed by atoms with E-state index in [2.05, 4.69) is 0 Å². The number of epoxide rings is 1. The number of hydrogen-bond acceptors (Lipinski definition) is 2. The minimum atomic E-state index is -0.983. The van der Waals surface area contributed by atoms with Crippen LogP contribution in [0.1, 0.15) is 48.8 Å². The third-order valence-electron chi connectivity index (χ3n) is 5.50. The molecule has 0 amide bonds. The van der Waals surface area contributed by atoms with Gasteiger partial charge in [-0.15, -0.1) is 0 Å². The predicted molar refractivity (Wildman–Crippen MR) is 91.6 cm³/mol. The third kappa shape index (κ3) is 3.81. The van der Waals surface area contributed by atoms with E-state index in [1.54, 1.807) is 12.1 Å². The quantitative estimate of drug-likeness (QED) is 0.493. The minimum Gasteiger partial charge on any atom is -0.490 e. The highest BCUT2D eigenvalue weighted by Crippen LogP contribution is 2.40. The van der Waals surface area contributed by atoms with Crippen molar-refractivity contribution in [3.05, 3.63) is 64.7 Å². The lowest BCUT2D eigenvalue weighted by atomic mass is 9.78. The molecule has 2 aromatic carbocycles. The summed E-state index contributed by atoms with van der Waals surface area (Å²) in [7, 11) is 0. The zero-order valence-electron chi connectivity index (χ0n) is 14.7. The summed E-state index contributed by atoms with van der Waals surface area (Å²) < 4.78 is 66.0. The molecule has 0 aromatic heterocycles. The lowest BCUT2D eigenvalue weighted by Crippen LogP contribution is -2.20.